The number of aliphatic hydroxyl groups excluding tert-OH is 2. The van der Waals surface area contributed by atoms with Crippen LogP contribution in [-0.4, -0.2) is 35.0 Å². The summed E-state index contributed by atoms with van der Waals surface area (Å²) in [6, 6.07) is 7.33. The zero-order valence-electron chi connectivity index (χ0n) is 20.2. The number of ketones is 2. The van der Waals surface area contributed by atoms with Crippen molar-refractivity contribution < 1.29 is 19.8 Å². The molecule has 0 atom stereocenters. The van der Waals surface area contributed by atoms with Crippen LogP contribution < -0.4 is 0 Å². The van der Waals surface area contributed by atoms with Gasteiger partial charge in [-0.2, -0.15) is 0 Å². The van der Waals surface area contributed by atoms with Crippen molar-refractivity contribution in [1.82, 2.24) is 0 Å². The molecule has 0 aromatic heterocycles. The lowest BCUT2D eigenvalue weighted by Crippen LogP contribution is -2.09. The Balaban J connectivity index is 2.24. The van der Waals surface area contributed by atoms with Gasteiger partial charge in [0.1, 0.15) is 0 Å². The van der Waals surface area contributed by atoms with Gasteiger partial charge in [0, 0.05) is 37.2 Å². The topological polar surface area (TPSA) is 74.6 Å². The van der Waals surface area contributed by atoms with Gasteiger partial charge in [0.25, 0.3) is 0 Å². The molecular weight excluding hydrogens is 400 g/mol. The van der Waals surface area contributed by atoms with Crippen LogP contribution in [0.1, 0.15) is 136 Å². The van der Waals surface area contributed by atoms with E-state index in [1.54, 1.807) is 0 Å². The van der Waals surface area contributed by atoms with Crippen molar-refractivity contribution >= 4 is 11.6 Å². The van der Waals surface area contributed by atoms with Crippen molar-refractivity contribution in [3.63, 3.8) is 0 Å². The molecule has 0 unspecified atom stereocenters. The number of aliphatic hydroxyl groups is 2. The number of Topliss-reactive ketones (excluding diaryl/α,β-unsaturated/α-hetero) is 2. The van der Waals surface area contributed by atoms with Crippen LogP contribution in [0.5, 0.6) is 0 Å². The standard InChI is InChI=1S/C28H46O4/c29-23-17-11-7-3-1-5-9-13-21-27(31)25-19-15-16-20-26(25)28(32)22-14-10-6-2-4-8-12-18-24-30/h15-16,19-20,29-30H,1-14,17-18,21-24H2. The maximum Gasteiger partial charge on any atom is 0.163 e. The molecule has 0 heterocycles. The molecule has 4 nitrogen and oxygen atoms in total. The highest BCUT2D eigenvalue weighted by Crippen LogP contribution is 2.18. The molecule has 0 saturated carbocycles. The van der Waals surface area contributed by atoms with Crippen LogP contribution in [0.15, 0.2) is 24.3 Å². The molecule has 1 aromatic rings. The fraction of sp³-hybridized carbons (Fsp3) is 0.714. The molecule has 1 rings (SSSR count). The van der Waals surface area contributed by atoms with Crippen LogP contribution in [0.3, 0.4) is 0 Å². The van der Waals surface area contributed by atoms with E-state index in [1.807, 2.05) is 24.3 Å². The number of benzene rings is 1. The average molecular weight is 447 g/mol. The molecule has 2 N–H and O–H groups in total. The first-order valence-electron chi connectivity index (χ1n) is 13.1. The van der Waals surface area contributed by atoms with E-state index in [2.05, 4.69) is 0 Å². The van der Waals surface area contributed by atoms with Crippen LogP contribution in [0, 0.1) is 0 Å². The third-order valence-electron chi connectivity index (χ3n) is 6.15. The van der Waals surface area contributed by atoms with Gasteiger partial charge in [-0.3, -0.25) is 9.59 Å². The minimum Gasteiger partial charge on any atom is -0.396 e. The smallest absolute Gasteiger partial charge is 0.163 e. The van der Waals surface area contributed by atoms with Crippen molar-refractivity contribution in [2.75, 3.05) is 13.2 Å². The molecule has 0 aliphatic heterocycles. The summed E-state index contributed by atoms with van der Waals surface area (Å²) in [4.78, 5) is 25.4. The summed E-state index contributed by atoms with van der Waals surface area (Å²) >= 11 is 0. The fourth-order valence-corrected chi connectivity index (χ4v) is 4.15. The van der Waals surface area contributed by atoms with E-state index in [1.165, 1.54) is 38.5 Å². The number of unbranched alkanes of at least 4 members (excludes halogenated alkanes) is 14. The minimum absolute atomic E-state index is 0.0970. The van der Waals surface area contributed by atoms with Crippen LogP contribution >= 0.6 is 0 Å². The van der Waals surface area contributed by atoms with Crippen LogP contribution in [-0.2, 0) is 0 Å². The number of hydrogen-bond donors (Lipinski definition) is 2. The van der Waals surface area contributed by atoms with E-state index in [0.717, 1.165) is 64.2 Å². The van der Waals surface area contributed by atoms with Gasteiger partial charge >= 0.3 is 0 Å². The molecular formula is C28H46O4. The summed E-state index contributed by atoms with van der Waals surface area (Å²) in [5, 5.41) is 17.6. The highest BCUT2D eigenvalue weighted by atomic mass is 16.3. The Labute approximate surface area is 195 Å². The second-order valence-electron chi connectivity index (χ2n) is 9.00. The van der Waals surface area contributed by atoms with Crippen LogP contribution in [0.25, 0.3) is 0 Å². The fourth-order valence-electron chi connectivity index (χ4n) is 4.15. The van der Waals surface area contributed by atoms with E-state index >= 15 is 0 Å². The monoisotopic (exact) mass is 446 g/mol. The van der Waals surface area contributed by atoms with Gasteiger partial charge in [0.05, 0.1) is 0 Å². The Morgan fingerprint density at radius 3 is 1.06 bits per heavy atom. The van der Waals surface area contributed by atoms with Crippen molar-refractivity contribution in [3.8, 4) is 0 Å². The first kappa shape index (κ1) is 28.5. The Morgan fingerprint density at radius 2 is 0.750 bits per heavy atom. The number of carbonyl (C=O) groups excluding carboxylic acids is 2. The maximum absolute atomic E-state index is 12.7. The van der Waals surface area contributed by atoms with Gasteiger partial charge in [-0.25, -0.2) is 0 Å². The molecule has 0 aliphatic carbocycles. The van der Waals surface area contributed by atoms with Gasteiger partial charge in [-0.15, -0.1) is 0 Å². The van der Waals surface area contributed by atoms with Crippen LogP contribution in [0.4, 0.5) is 0 Å². The maximum atomic E-state index is 12.7. The molecule has 0 amide bonds. The van der Waals surface area contributed by atoms with Gasteiger partial charge in [-0.05, 0) is 25.7 Å². The van der Waals surface area contributed by atoms with Crippen molar-refractivity contribution in [3.05, 3.63) is 35.4 Å². The summed E-state index contributed by atoms with van der Waals surface area (Å²) in [6.45, 7) is 0.581. The Bertz CT molecular complexity index is 558. The Morgan fingerprint density at radius 1 is 0.469 bits per heavy atom. The number of hydrogen-bond acceptors (Lipinski definition) is 4. The zero-order chi connectivity index (χ0) is 23.3. The zero-order valence-corrected chi connectivity index (χ0v) is 20.2. The molecule has 0 bridgehead atoms. The lowest BCUT2D eigenvalue weighted by Gasteiger charge is -2.08. The second-order valence-corrected chi connectivity index (χ2v) is 9.00. The SMILES string of the molecule is O=C(CCCCCCCCCCO)c1ccccc1C(=O)CCCCCCCCCCO. The van der Waals surface area contributed by atoms with E-state index in [0.29, 0.717) is 37.2 Å². The van der Waals surface area contributed by atoms with Crippen molar-refractivity contribution in [1.29, 1.82) is 0 Å². The third-order valence-corrected chi connectivity index (χ3v) is 6.15. The van der Waals surface area contributed by atoms with E-state index < -0.39 is 0 Å². The number of rotatable bonds is 22. The summed E-state index contributed by atoms with van der Waals surface area (Å²) in [6.07, 6.45) is 18.4. The van der Waals surface area contributed by atoms with Crippen LogP contribution in [0.2, 0.25) is 0 Å². The van der Waals surface area contributed by atoms with Gasteiger partial charge in [0.15, 0.2) is 11.6 Å². The normalized spacial score (nSPS) is 11.1. The van der Waals surface area contributed by atoms with Gasteiger partial charge in [0.2, 0.25) is 0 Å². The quantitative estimate of drug-likeness (QED) is 0.148. The van der Waals surface area contributed by atoms with Crippen molar-refractivity contribution in [2.45, 2.75) is 116 Å². The summed E-state index contributed by atoms with van der Waals surface area (Å²) in [5.41, 5.74) is 1.20. The molecule has 0 spiro atoms. The first-order chi connectivity index (χ1) is 15.7. The first-order valence-corrected chi connectivity index (χ1v) is 13.1. The Kier molecular flexibility index (Phi) is 17.9. The summed E-state index contributed by atoms with van der Waals surface area (Å²) < 4.78 is 0. The lowest BCUT2D eigenvalue weighted by atomic mass is 9.94. The number of carbonyl (C=O) groups is 2. The molecule has 1 aromatic carbocycles. The molecule has 0 aliphatic rings. The third kappa shape index (κ3) is 13.8. The van der Waals surface area contributed by atoms with E-state index in [-0.39, 0.29) is 11.6 Å². The highest BCUT2D eigenvalue weighted by molar-refractivity contribution is 6.08. The average Bonchev–Trinajstić information content (AvgIpc) is 2.81. The summed E-state index contributed by atoms with van der Waals surface area (Å²) in [5.74, 6) is 0.194. The van der Waals surface area contributed by atoms with E-state index in [4.69, 9.17) is 10.2 Å². The predicted molar refractivity (Wildman–Crippen MR) is 132 cm³/mol. The lowest BCUT2D eigenvalue weighted by molar-refractivity contribution is 0.0946. The molecule has 32 heavy (non-hydrogen) atoms. The molecule has 4 heteroatoms. The van der Waals surface area contributed by atoms with Crippen molar-refractivity contribution in [2.24, 2.45) is 0 Å². The van der Waals surface area contributed by atoms with Gasteiger partial charge in [-0.1, -0.05) is 101 Å². The largest absolute Gasteiger partial charge is 0.396 e. The predicted octanol–water partition coefficient (Wildman–Crippen LogP) is 7.06. The highest BCUT2D eigenvalue weighted by Gasteiger charge is 2.16. The minimum atomic E-state index is 0.0970. The molecule has 0 saturated heterocycles. The summed E-state index contributed by atoms with van der Waals surface area (Å²) in [7, 11) is 0. The molecule has 182 valence electrons. The molecule has 0 radical (unpaired) electrons. The molecule has 0 fully saturated rings. The van der Waals surface area contributed by atoms with E-state index in [9.17, 15) is 9.59 Å². The van der Waals surface area contributed by atoms with Gasteiger partial charge < -0.3 is 10.2 Å². The Hall–Kier alpha value is -1.52. The second kappa shape index (κ2) is 20.1.